The maximum absolute atomic E-state index is 9.22. The average molecular weight is 276 g/mol. The normalized spacial score (nSPS) is 26.7. The molecule has 0 amide bonds. The lowest BCUT2D eigenvalue weighted by Crippen LogP contribution is -2.41. The van der Waals surface area contributed by atoms with Gasteiger partial charge >= 0.3 is 0 Å². The molecule has 2 aliphatic rings. The van der Waals surface area contributed by atoms with Crippen molar-refractivity contribution in [2.45, 2.75) is 37.8 Å². The van der Waals surface area contributed by atoms with Crippen molar-refractivity contribution >= 4 is 17.3 Å². The summed E-state index contributed by atoms with van der Waals surface area (Å²) in [6.07, 6.45) is 5.06. The fraction of sp³-hybridized carbons (Fsp3) is 0.533. The lowest BCUT2D eigenvalue weighted by atomic mass is 9.98. The first-order chi connectivity index (χ1) is 9.29. The van der Waals surface area contributed by atoms with E-state index < -0.39 is 0 Å². The number of halogens is 1. The van der Waals surface area contributed by atoms with Crippen molar-refractivity contribution in [2.75, 3.05) is 18.4 Å². The summed E-state index contributed by atoms with van der Waals surface area (Å²) < 4.78 is 0. The monoisotopic (exact) mass is 275 g/mol. The molecule has 3 nitrogen and oxygen atoms in total. The lowest BCUT2D eigenvalue weighted by Gasteiger charge is -2.33. The van der Waals surface area contributed by atoms with Crippen molar-refractivity contribution in [3.05, 3.63) is 28.8 Å². The van der Waals surface area contributed by atoms with Crippen LogP contribution in [0.2, 0.25) is 5.02 Å². The Kier molecular flexibility index (Phi) is 3.63. The van der Waals surface area contributed by atoms with Gasteiger partial charge in [0.15, 0.2) is 0 Å². The maximum atomic E-state index is 9.22. The second-order valence-corrected chi connectivity index (χ2v) is 5.82. The van der Waals surface area contributed by atoms with E-state index in [1.54, 1.807) is 6.07 Å². The van der Waals surface area contributed by atoms with E-state index in [0.717, 1.165) is 12.1 Å². The van der Waals surface area contributed by atoms with E-state index in [9.17, 15) is 5.26 Å². The third kappa shape index (κ3) is 2.43. The van der Waals surface area contributed by atoms with E-state index in [1.165, 1.54) is 32.4 Å². The van der Waals surface area contributed by atoms with Crippen LogP contribution in [0.4, 0.5) is 5.69 Å². The summed E-state index contributed by atoms with van der Waals surface area (Å²) in [7, 11) is 0. The average Bonchev–Trinajstić information content (AvgIpc) is 2.83. The molecule has 3 rings (SSSR count). The van der Waals surface area contributed by atoms with Gasteiger partial charge in [0, 0.05) is 18.6 Å². The Morgan fingerprint density at radius 3 is 3.00 bits per heavy atom. The second-order valence-electron chi connectivity index (χ2n) is 5.41. The smallest absolute Gasteiger partial charge is 0.103 e. The summed E-state index contributed by atoms with van der Waals surface area (Å²) in [4.78, 5) is 2.58. The SMILES string of the molecule is N#Cc1c(Cl)cccc1NC1CCN2CCCCC12. The van der Waals surface area contributed by atoms with Gasteiger partial charge in [0.2, 0.25) is 0 Å². The van der Waals surface area contributed by atoms with Crippen molar-refractivity contribution in [3.63, 3.8) is 0 Å². The van der Waals surface area contributed by atoms with Crippen molar-refractivity contribution in [3.8, 4) is 6.07 Å². The Bertz CT molecular complexity index is 509. The van der Waals surface area contributed by atoms with Gasteiger partial charge in [-0.05, 0) is 37.9 Å². The van der Waals surface area contributed by atoms with E-state index in [2.05, 4.69) is 16.3 Å². The van der Waals surface area contributed by atoms with Gasteiger partial charge in [-0.15, -0.1) is 0 Å². The Morgan fingerprint density at radius 1 is 1.26 bits per heavy atom. The molecule has 2 fully saturated rings. The Hall–Kier alpha value is -1.24. The molecule has 0 aromatic heterocycles. The molecule has 0 aliphatic carbocycles. The highest BCUT2D eigenvalue weighted by atomic mass is 35.5. The molecule has 2 unspecified atom stereocenters. The van der Waals surface area contributed by atoms with Crippen LogP contribution in [0.15, 0.2) is 18.2 Å². The zero-order chi connectivity index (χ0) is 13.2. The molecule has 19 heavy (non-hydrogen) atoms. The second kappa shape index (κ2) is 5.40. The number of nitrogens with one attached hydrogen (secondary N) is 1. The van der Waals surface area contributed by atoms with Gasteiger partial charge in [-0.3, -0.25) is 4.90 Å². The van der Waals surface area contributed by atoms with Crippen LogP contribution in [0.1, 0.15) is 31.2 Å². The molecule has 2 heterocycles. The number of benzene rings is 1. The highest BCUT2D eigenvalue weighted by Gasteiger charge is 2.35. The number of fused-ring (bicyclic) bond motifs is 1. The summed E-state index contributed by atoms with van der Waals surface area (Å²) in [5.74, 6) is 0. The van der Waals surface area contributed by atoms with Crippen molar-refractivity contribution in [2.24, 2.45) is 0 Å². The van der Waals surface area contributed by atoms with Crippen LogP contribution in [-0.4, -0.2) is 30.1 Å². The number of anilines is 1. The molecule has 0 radical (unpaired) electrons. The first-order valence-corrected chi connectivity index (χ1v) is 7.36. The van der Waals surface area contributed by atoms with Gasteiger partial charge in [0.25, 0.3) is 0 Å². The summed E-state index contributed by atoms with van der Waals surface area (Å²) in [6, 6.07) is 8.90. The maximum Gasteiger partial charge on any atom is 0.103 e. The molecule has 1 N–H and O–H groups in total. The van der Waals surface area contributed by atoms with Crippen LogP contribution in [0, 0.1) is 11.3 Å². The topological polar surface area (TPSA) is 39.1 Å². The van der Waals surface area contributed by atoms with Gasteiger partial charge in [0.1, 0.15) is 6.07 Å². The molecule has 0 bridgehead atoms. The third-order valence-electron chi connectivity index (χ3n) is 4.32. The zero-order valence-corrected chi connectivity index (χ0v) is 11.7. The van der Waals surface area contributed by atoms with E-state index in [1.807, 2.05) is 12.1 Å². The van der Waals surface area contributed by atoms with Crippen LogP contribution in [0.5, 0.6) is 0 Å². The van der Waals surface area contributed by atoms with E-state index in [0.29, 0.717) is 22.7 Å². The summed E-state index contributed by atoms with van der Waals surface area (Å²) in [5, 5.41) is 13.3. The van der Waals surface area contributed by atoms with E-state index in [4.69, 9.17) is 11.6 Å². The fourth-order valence-corrected chi connectivity index (χ4v) is 3.59. The van der Waals surface area contributed by atoms with Crippen LogP contribution >= 0.6 is 11.6 Å². The highest BCUT2D eigenvalue weighted by molar-refractivity contribution is 6.32. The quantitative estimate of drug-likeness (QED) is 0.900. The summed E-state index contributed by atoms with van der Waals surface area (Å²) in [5.41, 5.74) is 1.45. The van der Waals surface area contributed by atoms with Gasteiger partial charge < -0.3 is 5.32 Å². The zero-order valence-electron chi connectivity index (χ0n) is 10.9. The minimum Gasteiger partial charge on any atom is -0.380 e. The van der Waals surface area contributed by atoms with Crippen molar-refractivity contribution < 1.29 is 0 Å². The number of hydrogen-bond acceptors (Lipinski definition) is 3. The molecule has 0 spiro atoms. The predicted octanol–water partition coefficient (Wildman–Crippen LogP) is 3.25. The number of nitriles is 1. The van der Waals surface area contributed by atoms with Crippen LogP contribution in [0.3, 0.4) is 0 Å². The third-order valence-corrected chi connectivity index (χ3v) is 4.64. The number of nitrogens with zero attached hydrogens (tertiary/aromatic N) is 2. The highest BCUT2D eigenvalue weighted by Crippen LogP contribution is 2.31. The van der Waals surface area contributed by atoms with Gasteiger partial charge in [-0.25, -0.2) is 0 Å². The van der Waals surface area contributed by atoms with Gasteiger partial charge in [-0.1, -0.05) is 24.1 Å². The fourth-order valence-electron chi connectivity index (χ4n) is 3.37. The van der Waals surface area contributed by atoms with E-state index >= 15 is 0 Å². The summed E-state index contributed by atoms with van der Waals surface area (Å²) in [6.45, 7) is 2.40. The molecular formula is C15H18ClN3. The molecule has 0 saturated carbocycles. The molecule has 2 atom stereocenters. The Balaban J connectivity index is 1.79. The minimum absolute atomic E-state index is 0.450. The number of hydrogen-bond donors (Lipinski definition) is 1. The molecule has 2 saturated heterocycles. The van der Waals surface area contributed by atoms with Crippen LogP contribution in [-0.2, 0) is 0 Å². The first kappa shape index (κ1) is 12.8. The van der Waals surface area contributed by atoms with Crippen LogP contribution < -0.4 is 5.32 Å². The molecule has 100 valence electrons. The van der Waals surface area contributed by atoms with Gasteiger partial charge in [-0.2, -0.15) is 5.26 Å². The Morgan fingerprint density at radius 2 is 2.16 bits per heavy atom. The standard InChI is InChI=1S/C15H18ClN3/c16-12-4-3-5-13(11(12)10-17)18-14-7-9-19-8-2-1-6-15(14)19/h3-5,14-15,18H,1-2,6-9H2. The summed E-state index contributed by atoms with van der Waals surface area (Å²) >= 11 is 6.08. The number of rotatable bonds is 2. The van der Waals surface area contributed by atoms with Gasteiger partial charge in [0.05, 0.1) is 16.3 Å². The molecule has 4 heteroatoms. The number of piperidine rings is 1. The molecule has 1 aromatic rings. The predicted molar refractivity (Wildman–Crippen MR) is 77.4 cm³/mol. The molecule has 2 aliphatic heterocycles. The lowest BCUT2D eigenvalue weighted by molar-refractivity contribution is 0.193. The molecular weight excluding hydrogens is 258 g/mol. The Labute approximate surface area is 119 Å². The first-order valence-electron chi connectivity index (χ1n) is 6.99. The van der Waals surface area contributed by atoms with E-state index in [-0.39, 0.29) is 0 Å². The van der Waals surface area contributed by atoms with Crippen molar-refractivity contribution in [1.29, 1.82) is 5.26 Å². The van der Waals surface area contributed by atoms with Crippen molar-refractivity contribution in [1.82, 2.24) is 4.90 Å². The largest absolute Gasteiger partial charge is 0.380 e. The van der Waals surface area contributed by atoms with Crippen LogP contribution in [0.25, 0.3) is 0 Å². The molecule has 1 aromatic carbocycles. The minimum atomic E-state index is 0.450.